The van der Waals surface area contributed by atoms with Gasteiger partial charge in [-0.2, -0.15) is 4.57 Å². The standard InChI is InChI=1S/C11H9NO5/c1-15-8-2-4-9(5-3-8)17-11(14)12-6-7-16-10(12)13/h2-7H,1H3. The summed E-state index contributed by atoms with van der Waals surface area (Å²) in [5.41, 5.74) is 0. The van der Waals surface area contributed by atoms with Crippen molar-refractivity contribution in [1.29, 1.82) is 0 Å². The Labute approximate surface area is 96.0 Å². The molecule has 0 aliphatic carbocycles. The Bertz CT molecular complexity index is 566. The molecule has 88 valence electrons. The summed E-state index contributed by atoms with van der Waals surface area (Å²) in [5, 5.41) is 0. The van der Waals surface area contributed by atoms with Crippen LogP contribution in [-0.2, 0) is 0 Å². The van der Waals surface area contributed by atoms with Crippen LogP contribution in [0.4, 0.5) is 4.79 Å². The van der Waals surface area contributed by atoms with E-state index in [9.17, 15) is 9.59 Å². The maximum absolute atomic E-state index is 11.5. The zero-order chi connectivity index (χ0) is 12.3. The Morgan fingerprint density at radius 2 is 1.88 bits per heavy atom. The van der Waals surface area contributed by atoms with Crippen molar-refractivity contribution >= 4 is 6.09 Å². The summed E-state index contributed by atoms with van der Waals surface area (Å²) in [7, 11) is 1.53. The van der Waals surface area contributed by atoms with Gasteiger partial charge in [-0.3, -0.25) is 0 Å². The quantitative estimate of drug-likeness (QED) is 0.788. The number of nitrogens with zero attached hydrogens (tertiary/aromatic N) is 1. The van der Waals surface area contributed by atoms with Crippen LogP contribution in [0.15, 0.2) is 45.9 Å². The molecule has 2 rings (SSSR count). The molecule has 0 amide bonds. The van der Waals surface area contributed by atoms with Crippen LogP contribution in [0, 0.1) is 0 Å². The summed E-state index contributed by atoms with van der Waals surface area (Å²) in [6.07, 6.45) is 1.47. The van der Waals surface area contributed by atoms with Crippen LogP contribution in [0.3, 0.4) is 0 Å². The molecule has 0 radical (unpaired) electrons. The molecule has 0 spiro atoms. The molecule has 0 N–H and O–H groups in total. The molecule has 0 atom stereocenters. The lowest BCUT2D eigenvalue weighted by Gasteiger charge is -2.04. The lowest BCUT2D eigenvalue weighted by molar-refractivity contribution is 0.200. The minimum absolute atomic E-state index is 0.309. The number of aromatic nitrogens is 1. The number of hydrogen-bond donors (Lipinski definition) is 0. The van der Waals surface area contributed by atoms with Gasteiger partial charge in [-0.15, -0.1) is 0 Å². The lowest BCUT2D eigenvalue weighted by atomic mass is 10.3. The fourth-order valence-corrected chi connectivity index (χ4v) is 1.20. The second-order valence-electron chi connectivity index (χ2n) is 3.08. The Kier molecular flexibility index (Phi) is 2.95. The minimum Gasteiger partial charge on any atom is -0.497 e. The van der Waals surface area contributed by atoms with Gasteiger partial charge in [0, 0.05) is 0 Å². The van der Waals surface area contributed by atoms with E-state index < -0.39 is 11.8 Å². The van der Waals surface area contributed by atoms with Crippen molar-refractivity contribution < 1.29 is 18.7 Å². The van der Waals surface area contributed by atoms with Gasteiger partial charge in [-0.25, -0.2) is 9.59 Å². The van der Waals surface area contributed by atoms with Gasteiger partial charge in [0.25, 0.3) is 0 Å². The first-order chi connectivity index (χ1) is 8.20. The summed E-state index contributed by atoms with van der Waals surface area (Å²) in [5.74, 6) is 0.165. The molecular weight excluding hydrogens is 226 g/mol. The minimum atomic E-state index is -0.825. The molecule has 0 bridgehead atoms. The molecule has 1 aromatic heterocycles. The molecule has 1 aromatic carbocycles. The second-order valence-corrected chi connectivity index (χ2v) is 3.08. The molecule has 0 saturated carbocycles. The van der Waals surface area contributed by atoms with Gasteiger partial charge in [0.2, 0.25) is 0 Å². The zero-order valence-electron chi connectivity index (χ0n) is 8.95. The second kappa shape index (κ2) is 4.56. The number of carbonyl (C=O) groups excluding carboxylic acids is 1. The summed E-state index contributed by atoms with van der Waals surface area (Å²) in [6, 6.07) is 6.39. The number of ether oxygens (including phenoxy) is 2. The van der Waals surface area contributed by atoms with E-state index in [1.807, 2.05) is 0 Å². The molecule has 0 aliphatic heterocycles. The van der Waals surface area contributed by atoms with Crippen LogP contribution in [0.1, 0.15) is 0 Å². The predicted molar refractivity (Wildman–Crippen MR) is 57.4 cm³/mol. The van der Waals surface area contributed by atoms with Crippen LogP contribution in [0.5, 0.6) is 11.5 Å². The van der Waals surface area contributed by atoms with Crippen molar-refractivity contribution in [1.82, 2.24) is 4.57 Å². The molecule has 0 fully saturated rings. The van der Waals surface area contributed by atoms with Crippen molar-refractivity contribution in [3.05, 3.63) is 47.3 Å². The van der Waals surface area contributed by atoms with Crippen molar-refractivity contribution in [2.24, 2.45) is 0 Å². The van der Waals surface area contributed by atoms with Gasteiger partial charge in [0.1, 0.15) is 17.8 Å². The third kappa shape index (κ3) is 2.36. The summed E-state index contributed by atoms with van der Waals surface area (Å²) in [6.45, 7) is 0. The third-order valence-electron chi connectivity index (χ3n) is 2.04. The van der Waals surface area contributed by atoms with E-state index in [0.717, 1.165) is 10.8 Å². The summed E-state index contributed by atoms with van der Waals surface area (Å²) in [4.78, 5) is 22.5. The van der Waals surface area contributed by atoms with Gasteiger partial charge < -0.3 is 13.9 Å². The number of carbonyl (C=O) groups is 1. The Morgan fingerprint density at radius 3 is 2.41 bits per heavy atom. The molecule has 0 saturated heterocycles. The van der Waals surface area contributed by atoms with E-state index in [1.54, 1.807) is 24.3 Å². The molecule has 2 aromatic rings. The normalized spacial score (nSPS) is 9.94. The van der Waals surface area contributed by atoms with Gasteiger partial charge in [0.05, 0.1) is 13.3 Å². The van der Waals surface area contributed by atoms with E-state index in [1.165, 1.54) is 13.3 Å². The zero-order valence-corrected chi connectivity index (χ0v) is 8.95. The molecule has 6 nitrogen and oxygen atoms in total. The van der Waals surface area contributed by atoms with Gasteiger partial charge in [-0.05, 0) is 24.3 Å². The van der Waals surface area contributed by atoms with E-state index in [0.29, 0.717) is 11.5 Å². The Hall–Kier alpha value is -2.50. The lowest BCUT2D eigenvalue weighted by Crippen LogP contribution is -2.25. The molecule has 0 aliphatic rings. The topological polar surface area (TPSA) is 70.7 Å². The average molecular weight is 235 g/mol. The van der Waals surface area contributed by atoms with Crippen molar-refractivity contribution in [2.75, 3.05) is 7.11 Å². The number of oxazole rings is 1. The van der Waals surface area contributed by atoms with Gasteiger partial charge in [-0.1, -0.05) is 0 Å². The van der Waals surface area contributed by atoms with Crippen LogP contribution in [0.25, 0.3) is 0 Å². The highest BCUT2D eigenvalue weighted by Crippen LogP contribution is 2.17. The van der Waals surface area contributed by atoms with Crippen LogP contribution >= 0.6 is 0 Å². The van der Waals surface area contributed by atoms with Crippen molar-refractivity contribution in [3.8, 4) is 11.5 Å². The average Bonchev–Trinajstić information content (AvgIpc) is 2.76. The number of hydrogen-bond acceptors (Lipinski definition) is 5. The van der Waals surface area contributed by atoms with Gasteiger partial charge >= 0.3 is 11.8 Å². The molecule has 1 heterocycles. The molecule has 0 unspecified atom stereocenters. The molecular formula is C11H9NO5. The van der Waals surface area contributed by atoms with E-state index in [2.05, 4.69) is 4.42 Å². The molecule has 17 heavy (non-hydrogen) atoms. The first-order valence-electron chi connectivity index (χ1n) is 4.73. The van der Waals surface area contributed by atoms with Crippen LogP contribution in [0.2, 0.25) is 0 Å². The highest BCUT2D eigenvalue weighted by Gasteiger charge is 2.11. The Balaban J connectivity index is 2.13. The number of methoxy groups -OCH3 is 1. The maximum atomic E-state index is 11.5. The summed E-state index contributed by atoms with van der Waals surface area (Å²) < 4.78 is 15.1. The summed E-state index contributed by atoms with van der Waals surface area (Å²) >= 11 is 0. The number of benzene rings is 1. The largest absolute Gasteiger partial charge is 0.497 e. The van der Waals surface area contributed by atoms with Gasteiger partial charge in [0.15, 0.2) is 0 Å². The van der Waals surface area contributed by atoms with Crippen LogP contribution < -0.4 is 15.2 Å². The molecule has 6 heteroatoms. The monoisotopic (exact) mass is 235 g/mol. The highest BCUT2D eigenvalue weighted by molar-refractivity contribution is 5.72. The van der Waals surface area contributed by atoms with Crippen molar-refractivity contribution in [2.45, 2.75) is 0 Å². The van der Waals surface area contributed by atoms with Crippen LogP contribution in [-0.4, -0.2) is 17.8 Å². The fraction of sp³-hybridized carbons (Fsp3) is 0.0909. The van der Waals surface area contributed by atoms with E-state index >= 15 is 0 Å². The first kappa shape index (κ1) is 11.0. The SMILES string of the molecule is COc1ccc(OC(=O)n2ccoc2=O)cc1. The third-order valence-corrected chi connectivity index (χ3v) is 2.04. The Morgan fingerprint density at radius 1 is 1.24 bits per heavy atom. The number of rotatable bonds is 2. The predicted octanol–water partition coefficient (Wildman–Crippen LogP) is 1.50. The first-order valence-corrected chi connectivity index (χ1v) is 4.73. The van der Waals surface area contributed by atoms with Crippen molar-refractivity contribution in [3.63, 3.8) is 0 Å². The van der Waals surface area contributed by atoms with E-state index in [-0.39, 0.29) is 0 Å². The maximum Gasteiger partial charge on any atom is 0.429 e. The van der Waals surface area contributed by atoms with E-state index in [4.69, 9.17) is 9.47 Å². The highest BCUT2D eigenvalue weighted by atomic mass is 16.6. The fourth-order valence-electron chi connectivity index (χ4n) is 1.20. The smallest absolute Gasteiger partial charge is 0.429 e.